The summed E-state index contributed by atoms with van der Waals surface area (Å²) in [7, 11) is 1.92. The molecule has 0 unspecified atom stereocenters. The van der Waals surface area contributed by atoms with Gasteiger partial charge in [0.15, 0.2) is 0 Å². The molecule has 112 valence electrons. The molecule has 0 aliphatic carbocycles. The van der Waals surface area contributed by atoms with Gasteiger partial charge >= 0.3 is 0 Å². The lowest BCUT2D eigenvalue weighted by Crippen LogP contribution is -2.12. The van der Waals surface area contributed by atoms with Crippen LogP contribution in [-0.2, 0) is 6.42 Å². The zero-order chi connectivity index (χ0) is 15.2. The van der Waals surface area contributed by atoms with Gasteiger partial charge in [0, 0.05) is 24.2 Å². The molecule has 1 heterocycles. The summed E-state index contributed by atoms with van der Waals surface area (Å²) in [6, 6.07) is 8.42. The van der Waals surface area contributed by atoms with Gasteiger partial charge in [-0.05, 0) is 56.8 Å². The van der Waals surface area contributed by atoms with Crippen LogP contribution < -0.4 is 10.1 Å². The van der Waals surface area contributed by atoms with Gasteiger partial charge < -0.3 is 10.1 Å². The Labute approximate surface area is 125 Å². The highest BCUT2D eigenvalue weighted by Crippen LogP contribution is 2.32. The van der Waals surface area contributed by atoms with Crippen molar-refractivity contribution >= 4 is 0 Å². The minimum absolute atomic E-state index is 0.250. The standard InChI is InChI=1S/C17H21FN2O/c1-4-21-17-12(2)11-15(9-10-19-3)20-16(17)13-5-7-14(18)8-6-13/h5-8,11,19H,4,9-10H2,1-3H3. The van der Waals surface area contributed by atoms with Gasteiger partial charge in [0.2, 0.25) is 0 Å². The van der Waals surface area contributed by atoms with Crippen molar-refractivity contribution < 1.29 is 9.13 Å². The second-order valence-electron chi connectivity index (χ2n) is 4.90. The molecule has 1 aromatic heterocycles. The molecule has 1 aromatic carbocycles. The number of nitrogens with zero attached hydrogens (tertiary/aromatic N) is 1. The van der Waals surface area contributed by atoms with E-state index in [2.05, 4.69) is 11.4 Å². The molecule has 0 fully saturated rings. The summed E-state index contributed by atoms with van der Waals surface area (Å²) in [6.45, 7) is 5.40. The van der Waals surface area contributed by atoms with E-state index in [-0.39, 0.29) is 5.82 Å². The van der Waals surface area contributed by atoms with Crippen molar-refractivity contribution in [2.75, 3.05) is 20.2 Å². The highest BCUT2D eigenvalue weighted by molar-refractivity contribution is 5.68. The van der Waals surface area contributed by atoms with E-state index in [0.29, 0.717) is 6.61 Å². The highest BCUT2D eigenvalue weighted by Gasteiger charge is 2.13. The Morgan fingerprint density at radius 3 is 2.57 bits per heavy atom. The number of nitrogens with one attached hydrogen (secondary N) is 1. The Bertz CT molecular complexity index is 596. The smallest absolute Gasteiger partial charge is 0.148 e. The van der Waals surface area contributed by atoms with Gasteiger partial charge in [0.25, 0.3) is 0 Å². The maximum Gasteiger partial charge on any atom is 0.148 e. The van der Waals surface area contributed by atoms with E-state index in [0.717, 1.165) is 41.2 Å². The summed E-state index contributed by atoms with van der Waals surface area (Å²) in [6.07, 6.45) is 0.845. The van der Waals surface area contributed by atoms with Gasteiger partial charge in [-0.3, -0.25) is 0 Å². The molecule has 1 N–H and O–H groups in total. The van der Waals surface area contributed by atoms with Crippen LogP contribution in [0, 0.1) is 12.7 Å². The Morgan fingerprint density at radius 1 is 1.24 bits per heavy atom. The van der Waals surface area contributed by atoms with Crippen molar-refractivity contribution in [3.63, 3.8) is 0 Å². The monoisotopic (exact) mass is 288 g/mol. The van der Waals surface area contributed by atoms with E-state index in [4.69, 9.17) is 9.72 Å². The number of pyridine rings is 1. The van der Waals surface area contributed by atoms with Gasteiger partial charge in [-0.25, -0.2) is 9.37 Å². The molecule has 0 aliphatic rings. The van der Waals surface area contributed by atoms with Crippen LogP contribution in [-0.4, -0.2) is 25.2 Å². The van der Waals surface area contributed by atoms with Crippen LogP contribution >= 0.6 is 0 Å². The van der Waals surface area contributed by atoms with Crippen LogP contribution in [0.4, 0.5) is 4.39 Å². The van der Waals surface area contributed by atoms with Crippen LogP contribution in [0.5, 0.6) is 5.75 Å². The van der Waals surface area contributed by atoms with Crippen LogP contribution in [0.25, 0.3) is 11.3 Å². The third-order valence-corrected chi connectivity index (χ3v) is 3.25. The average Bonchev–Trinajstić information content (AvgIpc) is 2.48. The van der Waals surface area contributed by atoms with Gasteiger partial charge in [0.1, 0.15) is 17.3 Å². The summed E-state index contributed by atoms with van der Waals surface area (Å²) in [5.41, 5.74) is 3.71. The molecular formula is C17H21FN2O. The van der Waals surface area contributed by atoms with Gasteiger partial charge in [-0.15, -0.1) is 0 Å². The Kier molecular flexibility index (Phi) is 5.28. The molecule has 0 bridgehead atoms. The number of ether oxygens (including phenoxy) is 1. The predicted octanol–water partition coefficient (Wildman–Crippen LogP) is 3.36. The van der Waals surface area contributed by atoms with Crippen LogP contribution in [0.1, 0.15) is 18.2 Å². The molecular weight excluding hydrogens is 267 g/mol. The molecule has 0 atom stereocenters. The molecule has 0 saturated carbocycles. The third-order valence-electron chi connectivity index (χ3n) is 3.25. The Morgan fingerprint density at radius 2 is 1.95 bits per heavy atom. The molecule has 2 rings (SSSR count). The number of aromatic nitrogens is 1. The first kappa shape index (κ1) is 15.4. The average molecular weight is 288 g/mol. The SMILES string of the molecule is CCOc1c(C)cc(CCNC)nc1-c1ccc(F)cc1. The van der Waals surface area contributed by atoms with E-state index in [9.17, 15) is 4.39 Å². The molecule has 3 nitrogen and oxygen atoms in total. The Hall–Kier alpha value is -1.94. The van der Waals surface area contributed by atoms with Crippen LogP contribution in [0.15, 0.2) is 30.3 Å². The lowest BCUT2D eigenvalue weighted by atomic mass is 10.1. The van der Waals surface area contributed by atoms with Gasteiger partial charge in [-0.1, -0.05) is 0 Å². The number of likely N-dealkylation sites (N-methyl/N-ethyl adjacent to an activating group) is 1. The van der Waals surface area contributed by atoms with Crippen LogP contribution in [0.2, 0.25) is 0 Å². The molecule has 2 aromatic rings. The maximum atomic E-state index is 13.1. The maximum absolute atomic E-state index is 13.1. The zero-order valence-electron chi connectivity index (χ0n) is 12.7. The first-order valence-electron chi connectivity index (χ1n) is 7.19. The largest absolute Gasteiger partial charge is 0.491 e. The normalized spacial score (nSPS) is 10.7. The minimum Gasteiger partial charge on any atom is -0.491 e. The van der Waals surface area contributed by atoms with E-state index in [1.165, 1.54) is 12.1 Å². The van der Waals surface area contributed by atoms with Gasteiger partial charge in [0.05, 0.1) is 6.61 Å². The van der Waals surface area contributed by atoms with Gasteiger partial charge in [-0.2, -0.15) is 0 Å². The third kappa shape index (κ3) is 3.79. The second kappa shape index (κ2) is 7.18. The lowest BCUT2D eigenvalue weighted by molar-refractivity contribution is 0.338. The zero-order valence-corrected chi connectivity index (χ0v) is 12.7. The van der Waals surface area contributed by atoms with E-state index in [1.54, 1.807) is 12.1 Å². The topological polar surface area (TPSA) is 34.1 Å². The van der Waals surface area contributed by atoms with E-state index >= 15 is 0 Å². The van der Waals surface area contributed by atoms with Crippen molar-refractivity contribution in [1.29, 1.82) is 0 Å². The fourth-order valence-electron chi connectivity index (χ4n) is 2.24. The first-order chi connectivity index (χ1) is 10.2. The van der Waals surface area contributed by atoms with Crippen molar-refractivity contribution in [2.24, 2.45) is 0 Å². The summed E-state index contributed by atoms with van der Waals surface area (Å²) >= 11 is 0. The number of hydrogen-bond acceptors (Lipinski definition) is 3. The fraction of sp³-hybridized carbons (Fsp3) is 0.353. The number of benzene rings is 1. The highest BCUT2D eigenvalue weighted by atomic mass is 19.1. The summed E-state index contributed by atoms with van der Waals surface area (Å²) in [5.74, 6) is 0.525. The minimum atomic E-state index is -0.250. The Balaban J connectivity index is 2.48. The summed E-state index contributed by atoms with van der Waals surface area (Å²) in [5, 5.41) is 3.12. The predicted molar refractivity (Wildman–Crippen MR) is 83.2 cm³/mol. The summed E-state index contributed by atoms with van der Waals surface area (Å²) < 4.78 is 18.9. The van der Waals surface area contributed by atoms with E-state index < -0.39 is 0 Å². The number of aryl methyl sites for hydroxylation is 1. The number of hydrogen-bond donors (Lipinski definition) is 1. The molecule has 0 spiro atoms. The molecule has 21 heavy (non-hydrogen) atoms. The van der Waals surface area contributed by atoms with Crippen molar-refractivity contribution in [1.82, 2.24) is 10.3 Å². The first-order valence-corrected chi connectivity index (χ1v) is 7.19. The quantitative estimate of drug-likeness (QED) is 0.885. The van der Waals surface area contributed by atoms with Crippen molar-refractivity contribution in [2.45, 2.75) is 20.3 Å². The molecule has 0 amide bonds. The molecule has 0 aliphatic heterocycles. The van der Waals surface area contributed by atoms with Crippen molar-refractivity contribution in [3.8, 4) is 17.0 Å². The second-order valence-corrected chi connectivity index (χ2v) is 4.90. The van der Waals surface area contributed by atoms with Crippen molar-refractivity contribution in [3.05, 3.63) is 47.4 Å². The number of rotatable bonds is 6. The van der Waals surface area contributed by atoms with E-state index in [1.807, 2.05) is 20.9 Å². The molecule has 0 radical (unpaired) electrons. The summed E-state index contributed by atoms with van der Waals surface area (Å²) in [4.78, 5) is 4.70. The lowest BCUT2D eigenvalue weighted by Gasteiger charge is -2.14. The molecule has 0 saturated heterocycles. The fourth-order valence-corrected chi connectivity index (χ4v) is 2.24. The molecule has 4 heteroatoms. The number of halogens is 1. The van der Waals surface area contributed by atoms with Crippen LogP contribution in [0.3, 0.4) is 0 Å².